The van der Waals surface area contributed by atoms with E-state index in [1.807, 2.05) is 12.1 Å². The number of hydrogen-bond donors (Lipinski definition) is 0. The zero-order valence-corrected chi connectivity index (χ0v) is 13.9. The molecule has 0 fully saturated rings. The van der Waals surface area contributed by atoms with Gasteiger partial charge in [0.2, 0.25) is 0 Å². The van der Waals surface area contributed by atoms with E-state index >= 15 is 0 Å². The number of halogens is 2. The van der Waals surface area contributed by atoms with Gasteiger partial charge in [0.05, 0.1) is 5.02 Å². The van der Waals surface area contributed by atoms with Crippen LogP contribution in [-0.2, 0) is 16.6 Å². The van der Waals surface area contributed by atoms with Gasteiger partial charge in [-0.05, 0) is 29.8 Å². The van der Waals surface area contributed by atoms with Crippen LogP contribution in [0.5, 0.6) is 0 Å². The predicted molar refractivity (Wildman–Crippen MR) is 86.8 cm³/mol. The fourth-order valence-electron chi connectivity index (χ4n) is 1.86. The molecule has 0 amide bonds. The van der Waals surface area contributed by atoms with Gasteiger partial charge in [0, 0.05) is 38.4 Å². The molecule has 0 aliphatic rings. The monoisotopic (exact) mass is 370 g/mol. The molecular formula is C15H12BrClO2S. The molecule has 2 aromatic carbocycles. The highest BCUT2D eigenvalue weighted by atomic mass is 79.9. The Morgan fingerprint density at radius 2 is 1.90 bits per heavy atom. The fraction of sp³-hybridized carbons (Fsp3) is 0.133. The lowest BCUT2D eigenvalue weighted by molar-refractivity contribution is 0.103. The van der Waals surface area contributed by atoms with Crippen LogP contribution in [0.2, 0.25) is 5.02 Å². The smallest absolute Gasteiger partial charge is 0.195 e. The molecule has 2 nitrogen and oxygen atoms in total. The Bertz CT molecular complexity index is 685. The summed E-state index contributed by atoms with van der Waals surface area (Å²) in [6.45, 7) is 0. The molecule has 104 valence electrons. The molecule has 0 heterocycles. The second-order valence-corrected chi connectivity index (χ2v) is 7.04. The quantitative estimate of drug-likeness (QED) is 0.754. The maximum atomic E-state index is 12.4. The average Bonchev–Trinajstić information content (AvgIpc) is 2.38. The van der Waals surface area contributed by atoms with Crippen molar-refractivity contribution in [2.75, 3.05) is 6.26 Å². The van der Waals surface area contributed by atoms with Crippen LogP contribution in [0.1, 0.15) is 21.5 Å². The maximum absolute atomic E-state index is 12.4. The van der Waals surface area contributed by atoms with Crippen molar-refractivity contribution >= 4 is 44.1 Å². The molecule has 5 heteroatoms. The normalized spacial score (nSPS) is 12.2. The lowest BCUT2D eigenvalue weighted by atomic mass is 10.0. The van der Waals surface area contributed by atoms with Gasteiger partial charge in [0.15, 0.2) is 5.78 Å². The van der Waals surface area contributed by atoms with Crippen LogP contribution in [-0.4, -0.2) is 16.2 Å². The topological polar surface area (TPSA) is 34.1 Å². The summed E-state index contributed by atoms with van der Waals surface area (Å²) in [5.41, 5.74) is 1.94. The number of rotatable bonds is 4. The van der Waals surface area contributed by atoms with Gasteiger partial charge in [-0.15, -0.1) is 0 Å². The van der Waals surface area contributed by atoms with Crippen molar-refractivity contribution in [2.24, 2.45) is 0 Å². The van der Waals surface area contributed by atoms with Gasteiger partial charge >= 0.3 is 0 Å². The first-order valence-corrected chi connectivity index (χ1v) is 8.76. The minimum Gasteiger partial charge on any atom is -0.289 e. The summed E-state index contributed by atoms with van der Waals surface area (Å²) in [7, 11) is -0.909. The van der Waals surface area contributed by atoms with Crippen LogP contribution < -0.4 is 0 Å². The highest BCUT2D eigenvalue weighted by Gasteiger charge is 2.15. The standard InChI is InChI=1S/C15H12BrClO2S/c1-20(19)9-10-6-7-11(13(16)8-10)15(18)12-4-2-3-5-14(12)17/h2-8H,9H2,1H3. The molecule has 0 spiro atoms. The van der Waals surface area contributed by atoms with Gasteiger partial charge in [-0.2, -0.15) is 0 Å². The average molecular weight is 372 g/mol. The lowest BCUT2D eigenvalue weighted by Gasteiger charge is -2.07. The molecular weight excluding hydrogens is 360 g/mol. The van der Waals surface area contributed by atoms with Gasteiger partial charge in [0.1, 0.15) is 0 Å². The van der Waals surface area contributed by atoms with Crippen molar-refractivity contribution in [3.05, 3.63) is 68.7 Å². The number of benzene rings is 2. The summed E-state index contributed by atoms with van der Waals surface area (Å²) < 4.78 is 11.9. The largest absolute Gasteiger partial charge is 0.289 e. The van der Waals surface area contributed by atoms with Crippen LogP contribution in [0, 0.1) is 0 Å². The van der Waals surface area contributed by atoms with Crippen LogP contribution >= 0.6 is 27.5 Å². The third-order valence-electron chi connectivity index (χ3n) is 2.77. The molecule has 0 radical (unpaired) electrons. The van der Waals surface area contributed by atoms with Crippen LogP contribution in [0.4, 0.5) is 0 Å². The van der Waals surface area contributed by atoms with Crippen molar-refractivity contribution < 1.29 is 9.00 Å². The third-order valence-corrected chi connectivity index (χ3v) is 4.49. The zero-order valence-electron chi connectivity index (χ0n) is 10.7. The molecule has 20 heavy (non-hydrogen) atoms. The van der Waals surface area contributed by atoms with E-state index in [0.29, 0.717) is 26.4 Å². The van der Waals surface area contributed by atoms with E-state index in [9.17, 15) is 9.00 Å². The first-order chi connectivity index (χ1) is 9.49. The van der Waals surface area contributed by atoms with Gasteiger partial charge in [-0.25, -0.2) is 0 Å². The minimum absolute atomic E-state index is 0.133. The first-order valence-electron chi connectivity index (χ1n) is 5.86. The second kappa shape index (κ2) is 6.66. The molecule has 2 rings (SSSR count). The number of hydrogen-bond acceptors (Lipinski definition) is 2. The molecule has 0 saturated carbocycles. The number of carbonyl (C=O) groups excluding carboxylic acids is 1. The van der Waals surface area contributed by atoms with Crippen molar-refractivity contribution in [1.82, 2.24) is 0 Å². The van der Waals surface area contributed by atoms with Crippen LogP contribution in [0.3, 0.4) is 0 Å². The highest BCUT2D eigenvalue weighted by Crippen LogP contribution is 2.25. The number of ketones is 1. The Hall–Kier alpha value is -0.970. The van der Waals surface area contributed by atoms with E-state index in [1.54, 1.807) is 36.6 Å². The van der Waals surface area contributed by atoms with Gasteiger partial charge in [0.25, 0.3) is 0 Å². The molecule has 0 saturated heterocycles. The van der Waals surface area contributed by atoms with Crippen LogP contribution in [0.15, 0.2) is 46.9 Å². The predicted octanol–water partition coefficient (Wildman–Crippen LogP) is 4.21. The Morgan fingerprint density at radius 3 is 2.50 bits per heavy atom. The summed E-state index contributed by atoms with van der Waals surface area (Å²) in [4.78, 5) is 12.4. The highest BCUT2D eigenvalue weighted by molar-refractivity contribution is 9.10. The summed E-state index contributed by atoms with van der Waals surface area (Å²) in [5, 5.41) is 0.433. The summed E-state index contributed by atoms with van der Waals surface area (Å²) in [5.74, 6) is 0.339. The summed E-state index contributed by atoms with van der Waals surface area (Å²) in [6, 6.07) is 12.3. The molecule has 2 aromatic rings. The summed E-state index contributed by atoms with van der Waals surface area (Å²) >= 11 is 9.44. The van der Waals surface area contributed by atoms with Gasteiger partial charge < -0.3 is 0 Å². The minimum atomic E-state index is -0.909. The van der Waals surface area contributed by atoms with Crippen molar-refractivity contribution in [3.8, 4) is 0 Å². The second-order valence-electron chi connectivity index (χ2n) is 4.34. The zero-order chi connectivity index (χ0) is 14.7. The van der Waals surface area contributed by atoms with E-state index in [1.165, 1.54) is 0 Å². The Labute approximate surface area is 133 Å². The van der Waals surface area contributed by atoms with E-state index < -0.39 is 10.8 Å². The molecule has 0 bridgehead atoms. The van der Waals surface area contributed by atoms with E-state index in [4.69, 9.17) is 11.6 Å². The Kier molecular flexibility index (Phi) is 5.13. The van der Waals surface area contributed by atoms with Gasteiger partial charge in [-0.1, -0.05) is 45.7 Å². The SMILES string of the molecule is CS(=O)Cc1ccc(C(=O)c2ccccc2Cl)c(Br)c1. The molecule has 1 atom stereocenters. The molecule has 0 N–H and O–H groups in total. The van der Waals surface area contributed by atoms with Crippen LogP contribution in [0.25, 0.3) is 0 Å². The molecule has 0 aliphatic carbocycles. The Balaban J connectivity index is 2.36. The van der Waals surface area contributed by atoms with Crippen molar-refractivity contribution in [1.29, 1.82) is 0 Å². The molecule has 1 unspecified atom stereocenters. The third kappa shape index (κ3) is 3.57. The van der Waals surface area contributed by atoms with Crippen molar-refractivity contribution in [2.45, 2.75) is 5.75 Å². The Morgan fingerprint density at radius 1 is 1.20 bits per heavy atom. The van der Waals surface area contributed by atoms with Gasteiger partial charge in [-0.3, -0.25) is 9.00 Å². The van der Waals surface area contributed by atoms with E-state index in [-0.39, 0.29) is 5.78 Å². The fourth-order valence-corrected chi connectivity index (χ4v) is 3.33. The first kappa shape index (κ1) is 15.4. The number of carbonyl (C=O) groups is 1. The van der Waals surface area contributed by atoms with Crippen molar-refractivity contribution in [3.63, 3.8) is 0 Å². The maximum Gasteiger partial charge on any atom is 0.195 e. The molecule has 0 aliphatic heterocycles. The van der Waals surface area contributed by atoms with E-state index in [2.05, 4.69) is 15.9 Å². The van der Waals surface area contributed by atoms with E-state index in [0.717, 1.165) is 5.56 Å². The lowest BCUT2D eigenvalue weighted by Crippen LogP contribution is -2.04. The molecule has 0 aromatic heterocycles. The summed E-state index contributed by atoms with van der Waals surface area (Å²) in [6.07, 6.45) is 1.65.